The van der Waals surface area contributed by atoms with Crippen LogP contribution in [0.15, 0.2) is 0 Å². The molecule has 0 amide bonds. The van der Waals surface area contributed by atoms with E-state index in [2.05, 4.69) is 9.34 Å². The first-order chi connectivity index (χ1) is 3.88. The van der Waals surface area contributed by atoms with Crippen LogP contribution >= 0.6 is 8.37 Å². The standard InChI is InChI=1S/C4H10N3P/c5-8(6-1-2-6)7-3-4-7/h1-5H2. The molecule has 0 aromatic rings. The molecule has 2 saturated heterocycles. The smallest absolute Gasteiger partial charge is 0.114 e. The quantitative estimate of drug-likeness (QED) is 0.416. The molecule has 2 N–H and O–H groups in total. The molecule has 2 aliphatic rings. The van der Waals surface area contributed by atoms with Gasteiger partial charge in [-0.15, -0.1) is 0 Å². The van der Waals surface area contributed by atoms with Crippen molar-refractivity contribution in [2.75, 3.05) is 26.2 Å². The van der Waals surface area contributed by atoms with E-state index < -0.39 is 0 Å². The summed E-state index contributed by atoms with van der Waals surface area (Å²) in [6.07, 6.45) is 0. The van der Waals surface area contributed by atoms with Crippen LogP contribution in [0.5, 0.6) is 0 Å². The molecule has 0 atom stereocenters. The van der Waals surface area contributed by atoms with Crippen LogP contribution in [-0.2, 0) is 0 Å². The van der Waals surface area contributed by atoms with Gasteiger partial charge in [0.15, 0.2) is 0 Å². The Kier molecular flexibility index (Phi) is 1.05. The fraction of sp³-hybridized carbons (Fsp3) is 1.00. The Morgan fingerprint density at radius 2 is 1.38 bits per heavy atom. The SMILES string of the molecule is NP(N1CC1)N1CC1. The van der Waals surface area contributed by atoms with Crippen LogP contribution < -0.4 is 5.50 Å². The lowest BCUT2D eigenvalue weighted by Gasteiger charge is -2.10. The first kappa shape index (κ1) is 5.12. The summed E-state index contributed by atoms with van der Waals surface area (Å²) in [5.41, 5.74) is 5.80. The van der Waals surface area contributed by atoms with Crippen LogP contribution in [0.2, 0.25) is 0 Å². The van der Waals surface area contributed by atoms with Gasteiger partial charge in [0.1, 0.15) is 8.37 Å². The summed E-state index contributed by atoms with van der Waals surface area (Å²) in [6, 6.07) is 0. The molecule has 2 heterocycles. The van der Waals surface area contributed by atoms with Crippen LogP contribution in [0.25, 0.3) is 0 Å². The Morgan fingerprint density at radius 3 is 1.62 bits per heavy atom. The van der Waals surface area contributed by atoms with E-state index in [0.29, 0.717) is 0 Å². The van der Waals surface area contributed by atoms with Crippen molar-refractivity contribution in [3.63, 3.8) is 0 Å². The summed E-state index contributed by atoms with van der Waals surface area (Å²) >= 11 is 0. The molecule has 0 saturated carbocycles. The third kappa shape index (κ3) is 0.869. The van der Waals surface area contributed by atoms with Gasteiger partial charge in [0.25, 0.3) is 0 Å². The van der Waals surface area contributed by atoms with Crippen molar-refractivity contribution >= 4 is 8.37 Å². The van der Waals surface area contributed by atoms with E-state index in [4.69, 9.17) is 5.50 Å². The van der Waals surface area contributed by atoms with Gasteiger partial charge in [0.05, 0.1) is 0 Å². The summed E-state index contributed by atoms with van der Waals surface area (Å²) in [5.74, 6) is 0. The van der Waals surface area contributed by atoms with E-state index in [0.717, 1.165) is 0 Å². The van der Waals surface area contributed by atoms with E-state index in [1.54, 1.807) is 0 Å². The van der Waals surface area contributed by atoms with Crippen LogP contribution in [0.1, 0.15) is 0 Å². The lowest BCUT2D eigenvalue weighted by atomic mass is 11.0. The van der Waals surface area contributed by atoms with Crippen molar-refractivity contribution in [3.05, 3.63) is 0 Å². The number of hydrogen-bond acceptors (Lipinski definition) is 3. The van der Waals surface area contributed by atoms with Crippen molar-refractivity contribution in [1.82, 2.24) is 9.34 Å². The van der Waals surface area contributed by atoms with Crippen LogP contribution in [0.3, 0.4) is 0 Å². The molecule has 0 aliphatic carbocycles. The monoisotopic (exact) mass is 131 g/mol. The van der Waals surface area contributed by atoms with Crippen LogP contribution in [-0.4, -0.2) is 35.5 Å². The maximum atomic E-state index is 5.80. The second-order valence-corrected chi connectivity index (χ2v) is 4.00. The summed E-state index contributed by atoms with van der Waals surface area (Å²) in [7, 11) is -0.310. The fourth-order valence-electron chi connectivity index (χ4n) is 0.678. The molecule has 0 bridgehead atoms. The van der Waals surface area contributed by atoms with Crippen molar-refractivity contribution in [2.45, 2.75) is 0 Å². The van der Waals surface area contributed by atoms with E-state index in [-0.39, 0.29) is 8.37 Å². The number of nitrogens with two attached hydrogens (primary N) is 1. The fourth-order valence-corrected chi connectivity index (χ4v) is 2.03. The van der Waals surface area contributed by atoms with Gasteiger partial charge in [0, 0.05) is 26.2 Å². The molecule has 2 rings (SSSR count). The first-order valence-corrected chi connectivity index (χ1v) is 4.24. The predicted octanol–water partition coefficient (Wildman–Crippen LogP) is -0.197. The van der Waals surface area contributed by atoms with Gasteiger partial charge in [-0.1, -0.05) is 0 Å². The molecule has 0 spiro atoms. The van der Waals surface area contributed by atoms with Gasteiger partial charge in [-0.3, -0.25) is 14.8 Å². The topological polar surface area (TPSA) is 32.0 Å². The molecule has 0 aromatic carbocycles. The molecular formula is C4H10N3P. The third-order valence-electron chi connectivity index (χ3n) is 1.43. The zero-order valence-electron chi connectivity index (χ0n) is 4.75. The maximum absolute atomic E-state index is 5.80. The Morgan fingerprint density at radius 1 is 1.00 bits per heavy atom. The molecule has 0 aromatic heterocycles. The lowest BCUT2D eigenvalue weighted by Crippen LogP contribution is -2.05. The van der Waals surface area contributed by atoms with E-state index >= 15 is 0 Å². The van der Waals surface area contributed by atoms with E-state index in [1.807, 2.05) is 0 Å². The second kappa shape index (κ2) is 1.64. The number of hydrogen-bond donors (Lipinski definition) is 1. The van der Waals surface area contributed by atoms with Gasteiger partial charge >= 0.3 is 0 Å². The first-order valence-electron chi connectivity index (χ1n) is 2.92. The zero-order valence-corrected chi connectivity index (χ0v) is 5.64. The number of nitrogens with zero attached hydrogens (tertiary/aromatic N) is 2. The average molecular weight is 131 g/mol. The minimum Gasteiger partial charge on any atom is -0.285 e. The molecule has 46 valence electrons. The number of rotatable bonds is 2. The third-order valence-corrected chi connectivity index (χ3v) is 3.39. The normalized spacial score (nSPS) is 29.2. The Balaban J connectivity index is 1.84. The molecular weight excluding hydrogens is 121 g/mol. The second-order valence-electron chi connectivity index (χ2n) is 2.23. The highest BCUT2D eigenvalue weighted by Crippen LogP contribution is 2.45. The van der Waals surface area contributed by atoms with E-state index in [1.165, 1.54) is 26.2 Å². The van der Waals surface area contributed by atoms with Crippen LogP contribution in [0.4, 0.5) is 0 Å². The molecule has 8 heavy (non-hydrogen) atoms. The highest BCUT2D eigenvalue weighted by molar-refractivity contribution is 7.50. The van der Waals surface area contributed by atoms with E-state index in [9.17, 15) is 0 Å². The molecule has 2 aliphatic heterocycles. The molecule has 4 heteroatoms. The Bertz CT molecular complexity index is 87.5. The van der Waals surface area contributed by atoms with Crippen molar-refractivity contribution in [2.24, 2.45) is 5.50 Å². The van der Waals surface area contributed by atoms with Gasteiger partial charge < -0.3 is 0 Å². The average Bonchev–Trinajstić information content (AvgIpc) is 2.63. The summed E-state index contributed by atoms with van der Waals surface area (Å²) in [4.78, 5) is 0. The molecule has 3 nitrogen and oxygen atoms in total. The Hall–Kier alpha value is 0.310. The van der Waals surface area contributed by atoms with Crippen molar-refractivity contribution in [1.29, 1.82) is 0 Å². The highest BCUT2D eigenvalue weighted by atomic mass is 31.1. The van der Waals surface area contributed by atoms with Crippen molar-refractivity contribution < 1.29 is 0 Å². The zero-order chi connectivity index (χ0) is 5.56. The Labute approximate surface area is 50.4 Å². The summed E-state index contributed by atoms with van der Waals surface area (Å²) in [6.45, 7) is 4.94. The summed E-state index contributed by atoms with van der Waals surface area (Å²) < 4.78 is 4.64. The van der Waals surface area contributed by atoms with Gasteiger partial charge in [-0.05, 0) is 0 Å². The lowest BCUT2D eigenvalue weighted by molar-refractivity contribution is 0.796. The minimum absolute atomic E-state index is 0.310. The largest absolute Gasteiger partial charge is 0.285 e. The molecule has 0 unspecified atom stereocenters. The van der Waals surface area contributed by atoms with Crippen molar-refractivity contribution in [3.8, 4) is 0 Å². The maximum Gasteiger partial charge on any atom is 0.114 e. The van der Waals surface area contributed by atoms with Crippen LogP contribution in [0, 0.1) is 0 Å². The molecule has 0 radical (unpaired) electrons. The summed E-state index contributed by atoms with van der Waals surface area (Å²) in [5, 5.41) is 0. The van der Waals surface area contributed by atoms with Gasteiger partial charge in [-0.25, -0.2) is 0 Å². The highest BCUT2D eigenvalue weighted by Gasteiger charge is 2.34. The minimum atomic E-state index is -0.310. The van der Waals surface area contributed by atoms with Gasteiger partial charge in [0.2, 0.25) is 0 Å². The molecule has 2 fully saturated rings. The predicted molar refractivity (Wildman–Crippen MR) is 34.3 cm³/mol. The van der Waals surface area contributed by atoms with Gasteiger partial charge in [-0.2, -0.15) is 0 Å².